The van der Waals surface area contributed by atoms with E-state index in [1.54, 1.807) is 29.2 Å². The van der Waals surface area contributed by atoms with E-state index < -0.39 is 0 Å². The fourth-order valence-electron chi connectivity index (χ4n) is 3.12. The summed E-state index contributed by atoms with van der Waals surface area (Å²) in [7, 11) is 0. The van der Waals surface area contributed by atoms with Crippen LogP contribution in [0.4, 0.5) is 5.69 Å². The summed E-state index contributed by atoms with van der Waals surface area (Å²) in [5.74, 6) is -0.437. The van der Waals surface area contributed by atoms with Crippen molar-refractivity contribution in [1.29, 1.82) is 5.26 Å². The second-order valence-corrected chi connectivity index (χ2v) is 6.37. The molecule has 7 nitrogen and oxygen atoms in total. The van der Waals surface area contributed by atoms with E-state index in [2.05, 4.69) is 10.2 Å². The van der Waals surface area contributed by atoms with E-state index in [9.17, 15) is 9.59 Å². The average molecular weight is 342 g/mol. The molecule has 25 heavy (non-hydrogen) atoms. The molecule has 2 amide bonds. The van der Waals surface area contributed by atoms with Gasteiger partial charge in [-0.2, -0.15) is 5.26 Å². The van der Waals surface area contributed by atoms with Gasteiger partial charge >= 0.3 is 0 Å². The second-order valence-electron chi connectivity index (χ2n) is 6.37. The molecule has 3 rings (SSSR count). The van der Waals surface area contributed by atoms with Crippen molar-refractivity contribution in [3.63, 3.8) is 0 Å². The third-order valence-electron chi connectivity index (χ3n) is 4.66. The Morgan fingerprint density at radius 1 is 1.24 bits per heavy atom. The number of nitriles is 1. The van der Waals surface area contributed by atoms with Crippen LogP contribution in [0.5, 0.6) is 0 Å². The van der Waals surface area contributed by atoms with Gasteiger partial charge in [0.05, 0.1) is 30.8 Å². The zero-order chi connectivity index (χ0) is 17.6. The highest BCUT2D eigenvalue weighted by atomic mass is 16.5. The van der Waals surface area contributed by atoms with Gasteiger partial charge in [-0.3, -0.25) is 14.5 Å². The molecule has 1 atom stereocenters. The molecular weight excluding hydrogens is 320 g/mol. The van der Waals surface area contributed by atoms with Gasteiger partial charge in [-0.1, -0.05) is 0 Å². The largest absolute Gasteiger partial charge is 0.379 e. The number of nitrogens with one attached hydrogen (secondary N) is 1. The number of hydrogen-bond donors (Lipinski definition) is 1. The van der Waals surface area contributed by atoms with E-state index in [0.717, 1.165) is 32.8 Å². The summed E-state index contributed by atoms with van der Waals surface area (Å²) in [5, 5.41) is 11.6. The van der Waals surface area contributed by atoms with Crippen molar-refractivity contribution in [3.8, 4) is 6.07 Å². The quantitative estimate of drug-likeness (QED) is 0.850. The van der Waals surface area contributed by atoms with Gasteiger partial charge < -0.3 is 15.0 Å². The predicted molar refractivity (Wildman–Crippen MR) is 91.7 cm³/mol. The van der Waals surface area contributed by atoms with Gasteiger partial charge in [-0.15, -0.1) is 0 Å². The number of amides is 2. The van der Waals surface area contributed by atoms with Crippen LogP contribution in [0.15, 0.2) is 24.3 Å². The highest BCUT2D eigenvalue weighted by Gasteiger charge is 2.34. The van der Waals surface area contributed by atoms with Crippen LogP contribution in [0.3, 0.4) is 0 Å². The first-order valence-electron chi connectivity index (χ1n) is 8.54. The predicted octanol–water partition coefficient (Wildman–Crippen LogP) is 0.677. The van der Waals surface area contributed by atoms with Crippen LogP contribution in [0, 0.1) is 17.2 Å². The molecule has 0 radical (unpaired) electrons. The van der Waals surface area contributed by atoms with E-state index >= 15 is 0 Å². The van der Waals surface area contributed by atoms with E-state index in [1.807, 2.05) is 6.07 Å². The molecule has 0 saturated carbocycles. The van der Waals surface area contributed by atoms with Crippen molar-refractivity contribution >= 4 is 17.5 Å². The molecule has 1 aromatic carbocycles. The van der Waals surface area contributed by atoms with Crippen LogP contribution < -0.4 is 5.32 Å². The fourth-order valence-corrected chi connectivity index (χ4v) is 3.12. The normalized spacial score (nSPS) is 21.2. The zero-order valence-electron chi connectivity index (χ0n) is 14.1. The van der Waals surface area contributed by atoms with Crippen LogP contribution in [-0.2, 0) is 14.3 Å². The van der Waals surface area contributed by atoms with Crippen LogP contribution in [0.1, 0.15) is 12.0 Å². The highest BCUT2D eigenvalue weighted by Crippen LogP contribution is 2.20. The molecule has 0 bridgehead atoms. The molecule has 1 unspecified atom stereocenters. The van der Waals surface area contributed by atoms with E-state index in [1.165, 1.54) is 0 Å². The Kier molecular flexibility index (Phi) is 5.64. The Balaban J connectivity index is 1.48. The molecule has 0 spiro atoms. The molecule has 1 aromatic rings. The van der Waals surface area contributed by atoms with Crippen molar-refractivity contribution in [2.75, 3.05) is 51.3 Å². The lowest BCUT2D eigenvalue weighted by molar-refractivity contribution is -0.128. The molecule has 2 saturated heterocycles. The number of morpholine rings is 1. The smallest absolute Gasteiger partial charge is 0.229 e. The van der Waals surface area contributed by atoms with Crippen molar-refractivity contribution in [3.05, 3.63) is 29.8 Å². The molecule has 132 valence electrons. The fraction of sp³-hybridized carbons (Fsp3) is 0.500. The van der Waals surface area contributed by atoms with Gasteiger partial charge in [0.1, 0.15) is 0 Å². The minimum Gasteiger partial charge on any atom is -0.379 e. The van der Waals surface area contributed by atoms with Crippen LogP contribution in [-0.4, -0.2) is 67.6 Å². The zero-order valence-corrected chi connectivity index (χ0v) is 14.1. The Bertz CT molecular complexity index is 662. The maximum absolute atomic E-state index is 12.4. The summed E-state index contributed by atoms with van der Waals surface area (Å²) in [4.78, 5) is 28.6. The van der Waals surface area contributed by atoms with Crippen molar-refractivity contribution in [2.45, 2.75) is 6.42 Å². The highest BCUT2D eigenvalue weighted by molar-refractivity contribution is 5.97. The number of anilines is 1. The topological polar surface area (TPSA) is 85.7 Å². The summed E-state index contributed by atoms with van der Waals surface area (Å²) in [5.41, 5.74) is 1.19. The summed E-state index contributed by atoms with van der Waals surface area (Å²) < 4.78 is 5.32. The van der Waals surface area contributed by atoms with Gasteiger partial charge in [0.15, 0.2) is 0 Å². The molecule has 2 aliphatic heterocycles. The van der Waals surface area contributed by atoms with Crippen molar-refractivity contribution in [1.82, 2.24) is 9.80 Å². The van der Waals surface area contributed by atoms with Gasteiger partial charge in [0, 0.05) is 44.8 Å². The van der Waals surface area contributed by atoms with Gasteiger partial charge in [0.25, 0.3) is 0 Å². The first-order valence-corrected chi connectivity index (χ1v) is 8.54. The molecule has 1 N–H and O–H groups in total. The Morgan fingerprint density at radius 3 is 2.64 bits per heavy atom. The standard InChI is InChI=1S/C18H22N4O3/c19-12-14-1-3-16(4-2-14)20-18(24)15-11-17(23)22(13-15)6-5-21-7-9-25-10-8-21/h1-4,15H,5-11,13H2,(H,20,24). The van der Waals surface area contributed by atoms with Crippen LogP contribution in [0.25, 0.3) is 0 Å². The van der Waals surface area contributed by atoms with Crippen LogP contribution in [0.2, 0.25) is 0 Å². The lowest BCUT2D eigenvalue weighted by atomic mass is 10.1. The first-order chi connectivity index (χ1) is 12.2. The molecule has 7 heteroatoms. The number of nitrogens with zero attached hydrogens (tertiary/aromatic N) is 3. The number of carbonyl (C=O) groups excluding carboxylic acids is 2. The summed E-state index contributed by atoms with van der Waals surface area (Å²) in [6.07, 6.45) is 0.255. The molecule has 0 aromatic heterocycles. The van der Waals surface area contributed by atoms with E-state index in [4.69, 9.17) is 10.00 Å². The Labute approximate surface area is 147 Å². The molecule has 2 fully saturated rings. The monoisotopic (exact) mass is 342 g/mol. The molecule has 2 aliphatic rings. The Hall–Kier alpha value is -2.43. The summed E-state index contributed by atoms with van der Waals surface area (Å²) in [6.45, 7) is 5.20. The van der Waals surface area contributed by atoms with Gasteiger partial charge in [-0.05, 0) is 24.3 Å². The minimum absolute atomic E-state index is 0.0354. The molecule has 2 heterocycles. The molecule has 0 aliphatic carbocycles. The Morgan fingerprint density at radius 2 is 1.96 bits per heavy atom. The van der Waals surface area contributed by atoms with Crippen molar-refractivity contribution < 1.29 is 14.3 Å². The SMILES string of the molecule is N#Cc1ccc(NC(=O)C2CC(=O)N(CCN3CCOCC3)C2)cc1. The van der Waals surface area contributed by atoms with E-state index in [-0.39, 0.29) is 24.2 Å². The average Bonchev–Trinajstić information content (AvgIpc) is 3.02. The first kappa shape index (κ1) is 17.4. The number of ether oxygens (including phenoxy) is 1. The summed E-state index contributed by atoms with van der Waals surface area (Å²) >= 11 is 0. The van der Waals surface area contributed by atoms with Crippen molar-refractivity contribution in [2.24, 2.45) is 5.92 Å². The molecular formula is C18H22N4O3. The van der Waals surface area contributed by atoms with Crippen LogP contribution >= 0.6 is 0 Å². The number of hydrogen-bond acceptors (Lipinski definition) is 5. The van der Waals surface area contributed by atoms with Gasteiger partial charge in [-0.25, -0.2) is 0 Å². The third-order valence-corrected chi connectivity index (χ3v) is 4.66. The number of carbonyl (C=O) groups is 2. The van der Waals surface area contributed by atoms with E-state index in [0.29, 0.717) is 24.3 Å². The minimum atomic E-state index is -0.326. The maximum Gasteiger partial charge on any atom is 0.229 e. The second kappa shape index (κ2) is 8.10. The summed E-state index contributed by atoms with van der Waals surface area (Å²) in [6, 6.07) is 8.75. The number of likely N-dealkylation sites (tertiary alicyclic amines) is 1. The number of rotatable bonds is 5. The maximum atomic E-state index is 12.4. The number of benzene rings is 1. The third kappa shape index (κ3) is 4.56. The van der Waals surface area contributed by atoms with Gasteiger partial charge in [0.2, 0.25) is 11.8 Å². The lowest BCUT2D eigenvalue weighted by Gasteiger charge is -2.28. The lowest BCUT2D eigenvalue weighted by Crippen LogP contribution is -2.42.